The molecule has 8 atom stereocenters. The average Bonchev–Trinajstić information content (AvgIpc) is 3.34. The van der Waals surface area contributed by atoms with E-state index >= 15 is 0 Å². The maximum absolute atomic E-state index is 13.5. The molecule has 0 spiro atoms. The molecule has 3 saturated heterocycles. The maximum Gasteiger partial charge on any atom is 0.407 e. The van der Waals surface area contributed by atoms with Gasteiger partial charge in [0.15, 0.2) is 6.29 Å². The van der Waals surface area contributed by atoms with Crippen molar-refractivity contribution < 1.29 is 28.9 Å². The van der Waals surface area contributed by atoms with Gasteiger partial charge in [-0.1, -0.05) is 49.6 Å². The van der Waals surface area contributed by atoms with Crippen molar-refractivity contribution >= 4 is 12.0 Å². The second-order valence-corrected chi connectivity index (χ2v) is 13.6. The number of hydrogen-bond acceptors (Lipinski definition) is 7. The fourth-order valence-electron chi connectivity index (χ4n) is 7.21. The number of carbonyl (C=O) groups excluding carboxylic acids is 2. The van der Waals surface area contributed by atoms with Gasteiger partial charge in [-0.05, 0) is 70.3 Å². The van der Waals surface area contributed by atoms with Gasteiger partial charge in [0.2, 0.25) is 5.91 Å². The van der Waals surface area contributed by atoms with Crippen LogP contribution in [0.3, 0.4) is 0 Å². The van der Waals surface area contributed by atoms with E-state index in [0.29, 0.717) is 38.0 Å². The van der Waals surface area contributed by atoms with Crippen molar-refractivity contribution in [2.24, 2.45) is 17.8 Å². The van der Waals surface area contributed by atoms with E-state index in [1.165, 1.54) is 19.3 Å². The summed E-state index contributed by atoms with van der Waals surface area (Å²) in [5.41, 5.74) is 0.674. The fraction of sp³-hybridized carbons (Fsp3) is 0.750. The summed E-state index contributed by atoms with van der Waals surface area (Å²) in [5, 5.41) is 17.8. The summed E-state index contributed by atoms with van der Waals surface area (Å²) in [5.74, 6) is 1.13. The first-order chi connectivity index (χ1) is 19.7. The molecule has 41 heavy (non-hydrogen) atoms. The Kier molecular flexibility index (Phi) is 9.89. The number of carbonyl (C=O) groups is 2. The summed E-state index contributed by atoms with van der Waals surface area (Å²) >= 11 is 0. The highest BCUT2D eigenvalue weighted by molar-refractivity contribution is 5.82. The fourth-order valence-corrected chi connectivity index (χ4v) is 7.21. The predicted molar refractivity (Wildman–Crippen MR) is 155 cm³/mol. The van der Waals surface area contributed by atoms with Crippen molar-refractivity contribution in [3.63, 3.8) is 0 Å². The van der Waals surface area contributed by atoms with E-state index in [9.17, 15) is 14.7 Å². The molecule has 3 aliphatic heterocycles. The first-order valence-corrected chi connectivity index (χ1v) is 15.6. The third-order valence-corrected chi connectivity index (χ3v) is 9.27. The monoisotopic (exact) mass is 571 g/mol. The van der Waals surface area contributed by atoms with Gasteiger partial charge in [-0.15, -0.1) is 0 Å². The van der Waals surface area contributed by atoms with E-state index in [1.54, 1.807) is 0 Å². The van der Waals surface area contributed by atoms with E-state index in [0.717, 1.165) is 37.8 Å². The van der Waals surface area contributed by atoms with Crippen LogP contribution in [0.25, 0.3) is 0 Å². The van der Waals surface area contributed by atoms with E-state index in [-0.39, 0.29) is 35.8 Å². The number of alkyl carbamates (subject to hydrolysis) is 1. The molecule has 1 aliphatic carbocycles. The molecule has 228 valence electrons. The number of aliphatic hydroxyl groups is 1. The van der Waals surface area contributed by atoms with Crippen molar-refractivity contribution in [2.45, 2.75) is 108 Å². The number of nitrogens with zero attached hydrogens (tertiary/aromatic N) is 1. The highest BCUT2D eigenvalue weighted by Gasteiger charge is 2.44. The van der Waals surface area contributed by atoms with Crippen molar-refractivity contribution in [1.82, 2.24) is 15.5 Å². The minimum atomic E-state index is -0.890. The number of amides is 2. The lowest BCUT2D eigenvalue weighted by Crippen LogP contribution is -2.60. The molecule has 2 amide bonds. The van der Waals surface area contributed by atoms with E-state index in [4.69, 9.17) is 14.2 Å². The SMILES string of the molecule is CC(C)(C)NC(=O)[C@@H]1C[C@@H]2CCCC[C@@H]2CN1C[C@@H](O)[C@H](Cc1ccccc1)NC(=O)O[C@@H]1CO[C@@H]2OCCC[C@@H]21. The standard InChI is InChI=1S/C32H49N3O6/c1-32(2,3)34-29(37)26-17-22-12-7-8-13-23(22)18-35(26)19-27(36)25(16-21-10-5-4-6-11-21)33-31(38)41-28-20-40-30-24(28)14-9-15-39-30/h4-6,10-11,22-28,30,36H,7-9,12-20H2,1-3H3,(H,33,38)(H,34,37)/t22-,23+,24+,25-,26-,27+,28+,30-/m0/s1. The molecular weight excluding hydrogens is 522 g/mol. The maximum atomic E-state index is 13.5. The van der Waals surface area contributed by atoms with Crippen molar-refractivity contribution in [2.75, 3.05) is 26.3 Å². The highest BCUT2D eigenvalue weighted by Crippen LogP contribution is 2.39. The Bertz CT molecular complexity index is 1020. The van der Waals surface area contributed by atoms with Crippen LogP contribution < -0.4 is 10.6 Å². The topological polar surface area (TPSA) is 109 Å². The summed E-state index contributed by atoms with van der Waals surface area (Å²) in [6.07, 6.45) is 5.72. The minimum Gasteiger partial charge on any atom is -0.443 e. The first-order valence-electron chi connectivity index (χ1n) is 15.6. The number of likely N-dealkylation sites (tertiary alicyclic amines) is 1. The number of fused-ring (bicyclic) bond motifs is 2. The molecule has 9 heteroatoms. The predicted octanol–water partition coefficient (Wildman–Crippen LogP) is 3.63. The number of β-amino-alcohol motifs (C(OH)–C–C–N with tert-alkyl or cyclic N) is 1. The zero-order chi connectivity index (χ0) is 29.0. The van der Waals surface area contributed by atoms with Crippen LogP contribution in [0, 0.1) is 17.8 Å². The van der Waals surface area contributed by atoms with Crippen LogP contribution in [-0.2, 0) is 25.4 Å². The average molecular weight is 572 g/mol. The van der Waals surface area contributed by atoms with Crippen LogP contribution >= 0.6 is 0 Å². The molecule has 5 rings (SSSR count). The van der Waals surface area contributed by atoms with Crippen LogP contribution in [0.4, 0.5) is 4.79 Å². The molecule has 0 bridgehead atoms. The number of hydrogen-bond donors (Lipinski definition) is 3. The third kappa shape index (κ3) is 8.00. The highest BCUT2D eigenvalue weighted by atomic mass is 16.7. The zero-order valence-corrected chi connectivity index (χ0v) is 24.9. The van der Waals surface area contributed by atoms with Gasteiger partial charge >= 0.3 is 6.09 Å². The Labute approximate surface area is 244 Å². The lowest BCUT2D eigenvalue weighted by molar-refractivity contribution is -0.152. The molecule has 3 heterocycles. The van der Waals surface area contributed by atoms with E-state index < -0.39 is 18.2 Å². The molecular formula is C32H49N3O6. The van der Waals surface area contributed by atoms with Gasteiger partial charge in [-0.3, -0.25) is 9.69 Å². The smallest absolute Gasteiger partial charge is 0.407 e. The Hall–Kier alpha value is -2.20. The normalized spacial score (nSPS) is 31.8. The van der Waals surface area contributed by atoms with E-state index in [1.807, 2.05) is 51.1 Å². The molecule has 1 aromatic carbocycles. The number of aliphatic hydroxyl groups excluding tert-OH is 1. The second kappa shape index (κ2) is 13.4. The van der Waals surface area contributed by atoms with Gasteiger partial charge in [-0.2, -0.15) is 0 Å². The van der Waals surface area contributed by atoms with Gasteiger partial charge in [-0.25, -0.2) is 4.79 Å². The number of piperidine rings is 1. The summed E-state index contributed by atoms with van der Waals surface area (Å²) in [6, 6.07) is 8.97. The Morgan fingerprint density at radius 3 is 2.59 bits per heavy atom. The van der Waals surface area contributed by atoms with Gasteiger partial charge in [0.05, 0.1) is 24.8 Å². The zero-order valence-electron chi connectivity index (χ0n) is 24.9. The molecule has 0 aromatic heterocycles. The first kappa shape index (κ1) is 30.3. The van der Waals surface area contributed by atoms with Gasteiger partial charge in [0.1, 0.15) is 6.10 Å². The summed E-state index contributed by atoms with van der Waals surface area (Å²) in [6.45, 7) is 8.06. The van der Waals surface area contributed by atoms with E-state index in [2.05, 4.69) is 15.5 Å². The van der Waals surface area contributed by atoms with Crippen molar-refractivity contribution in [3.05, 3.63) is 35.9 Å². The third-order valence-electron chi connectivity index (χ3n) is 9.27. The van der Waals surface area contributed by atoms with Gasteiger partial charge < -0.3 is 30.0 Å². The number of ether oxygens (including phenoxy) is 3. The van der Waals surface area contributed by atoms with Crippen molar-refractivity contribution in [3.8, 4) is 0 Å². The molecule has 9 nitrogen and oxygen atoms in total. The Balaban J connectivity index is 1.28. The summed E-state index contributed by atoms with van der Waals surface area (Å²) < 4.78 is 17.2. The van der Waals surface area contributed by atoms with Gasteiger partial charge in [0.25, 0.3) is 0 Å². The quantitative estimate of drug-likeness (QED) is 0.437. The molecule has 1 aromatic rings. The molecule has 4 fully saturated rings. The molecule has 1 saturated carbocycles. The van der Waals surface area contributed by atoms with Crippen LogP contribution in [0.1, 0.15) is 71.3 Å². The molecule has 3 N–H and O–H groups in total. The Morgan fingerprint density at radius 2 is 1.83 bits per heavy atom. The van der Waals surface area contributed by atoms with Crippen LogP contribution in [0.2, 0.25) is 0 Å². The number of nitrogens with one attached hydrogen (secondary N) is 2. The van der Waals surface area contributed by atoms with Crippen molar-refractivity contribution in [1.29, 1.82) is 0 Å². The van der Waals surface area contributed by atoms with Gasteiger partial charge in [0, 0.05) is 31.2 Å². The molecule has 4 aliphatic rings. The lowest BCUT2D eigenvalue weighted by Gasteiger charge is -2.47. The second-order valence-electron chi connectivity index (χ2n) is 13.6. The molecule has 0 radical (unpaired) electrons. The number of rotatable bonds is 8. The van der Waals surface area contributed by atoms with Crippen LogP contribution in [0.15, 0.2) is 30.3 Å². The Morgan fingerprint density at radius 1 is 1.07 bits per heavy atom. The lowest BCUT2D eigenvalue weighted by atomic mass is 9.72. The van der Waals surface area contributed by atoms with Crippen LogP contribution in [-0.4, -0.2) is 84.4 Å². The molecule has 0 unspecified atom stereocenters. The summed E-state index contributed by atoms with van der Waals surface area (Å²) in [4.78, 5) is 28.8. The summed E-state index contributed by atoms with van der Waals surface area (Å²) in [7, 11) is 0. The number of benzene rings is 1. The minimum absolute atomic E-state index is 0.0196. The largest absolute Gasteiger partial charge is 0.443 e. The van der Waals surface area contributed by atoms with Crippen LogP contribution in [0.5, 0.6) is 0 Å².